The van der Waals surface area contributed by atoms with Gasteiger partial charge in [0.1, 0.15) is 6.26 Å². The van der Waals surface area contributed by atoms with E-state index in [0.717, 1.165) is 6.42 Å². The van der Waals surface area contributed by atoms with Crippen LogP contribution in [0.2, 0.25) is 0 Å². The van der Waals surface area contributed by atoms with E-state index in [1.54, 1.807) is 24.3 Å². The van der Waals surface area contributed by atoms with Gasteiger partial charge in [0.05, 0.1) is 12.1 Å². The Hall–Kier alpha value is -2.50. The zero-order valence-corrected chi connectivity index (χ0v) is 11.9. The second-order valence-electron chi connectivity index (χ2n) is 5.07. The highest BCUT2D eigenvalue weighted by Crippen LogP contribution is 2.41. The summed E-state index contributed by atoms with van der Waals surface area (Å²) in [5, 5.41) is 6.50. The highest BCUT2D eigenvalue weighted by molar-refractivity contribution is 5.92. The van der Waals surface area contributed by atoms with E-state index in [2.05, 4.69) is 10.5 Å². The Labute approximate surface area is 122 Å². The number of hydrogen-bond acceptors (Lipinski definition) is 5. The van der Waals surface area contributed by atoms with Crippen LogP contribution in [0.5, 0.6) is 11.5 Å². The Bertz CT molecular complexity index is 654. The quantitative estimate of drug-likeness (QED) is 0.936. The van der Waals surface area contributed by atoms with Crippen molar-refractivity contribution in [2.24, 2.45) is 0 Å². The molecular formula is C15H16N2O4. The van der Waals surface area contributed by atoms with E-state index in [1.165, 1.54) is 6.26 Å². The maximum atomic E-state index is 11.9. The Morgan fingerprint density at radius 2 is 2.10 bits per heavy atom. The summed E-state index contributed by atoms with van der Waals surface area (Å²) >= 11 is 0. The van der Waals surface area contributed by atoms with Crippen molar-refractivity contribution in [1.82, 2.24) is 5.16 Å². The molecule has 2 aromatic rings. The van der Waals surface area contributed by atoms with E-state index in [-0.39, 0.29) is 12.3 Å². The predicted molar refractivity (Wildman–Crippen MR) is 75.2 cm³/mol. The van der Waals surface area contributed by atoms with Crippen molar-refractivity contribution in [1.29, 1.82) is 0 Å². The summed E-state index contributed by atoms with van der Waals surface area (Å²) in [7, 11) is 0. The molecule has 1 aromatic carbocycles. The standard InChI is InChI=1S/C15H16N2O4/c1-3-15(2)20-12-5-4-10(8-13(12)21-15)16-14(18)9-11-6-7-19-17-11/h4-8H,3,9H2,1-2H3,(H,16,18). The first-order valence-corrected chi connectivity index (χ1v) is 6.79. The molecule has 1 amide bonds. The molecule has 6 nitrogen and oxygen atoms in total. The number of aromatic nitrogens is 1. The van der Waals surface area contributed by atoms with Crippen molar-refractivity contribution in [3.05, 3.63) is 36.2 Å². The largest absolute Gasteiger partial charge is 0.449 e. The fourth-order valence-electron chi connectivity index (χ4n) is 2.08. The number of carbonyl (C=O) groups excluding carboxylic acids is 1. The van der Waals surface area contributed by atoms with Gasteiger partial charge in [-0.2, -0.15) is 0 Å². The zero-order chi connectivity index (χ0) is 14.9. The first kappa shape index (κ1) is 13.5. The maximum Gasteiger partial charge on any atom is 0.248 e. The molecular weight excluding hydrogens is 272 g/mol. The van der Waals surface area contributed by atoms with Gasteiger partial charge in [0.25, 0.3) is 0 Å². The van der Waals surface area contributed by atoms with Crippen LogP contribution in [0, 0.1) is 0 Å². The molecule has 0 saturated carbocycles. The number of hydrogen-bond donors (Lipinski definition) is 1. The fourth-order valence-corrected chi connectivity index (χ4v) is 2.08. The number of carbonyl (C=O) groups is 1. The van der Waals surface area contributed by atoms with Crippen LogP contribution in [0.1, 0.15) is 26.0 Å². The van der Waals surface area contributed by atoms with E-state index in [0.29, 0.717) is 22.9 Å². The first-order chi connectivity index (χ1) is 10.1. The van der Waals surface area contributed by atoms with Gasteiger partial charge in [-0.1, -0.05) is 12.1 Å². The number of rotatable bonds is 4. The summed E-state index contributed by atoms with van der Waals surface area (Å²) in [6, 6.07) is 7.00. The van der Waals surface area contributed by atoms with Crippen molar-refractivity contribution in [2.75, 3.05) is 5.32 Å². The normalized spacial score (nSPS) is 19.5. The van der Waals surface area contributed by atoms with Gasteiger partial charge < -0.3 is 19.3 Å². The molecule has 1 unspecified atom stereocenters. The number of ether oxygens (including phenoxy) is 2. The van der Waals surface area contributed by atoms with E-state index < -0.39 is 5.79 Å². The topological polar surface area (TPSA) is 73.6 Å². The highest BCUT2D eigenvalue weighted by Gasteiger charge is 2.34. The summed E-state index contributed by atoms with van der Waals surface area (Å²) in [6.07, 6.45) is 2.34. The van der Waals surface area contributed by atoms with Crippen molar-refractivity contribution >= 4 is 11.6 Å². The lowest BCUT2D eigenvalue weighted by Crippen LogP contribution is -2.33. The van der Waals surface area contributed by atoms with Crippen LogP contribution in [-0.2, 0) is 11.2 Å². The lowest BCUT2D eigenvalue weighted by atomic mass is 10.2. The average Bonchev–Trinajstić information content (AvgIpc) is 3.05. The van der Waals surface area contributed by atoms with E-state index in [1.807, 2.05) is 13.8 Å². The van der Waals surface area contributed by atoms with Gasteiger partial charge in [-0.25, -0.2) is 0 Å². The molecule has 1 aromatic heterocycles. The molecule has 0 spiro atoms. The minimum Gasteiger partial charge on any atom is -0.449 e. The van der Waals surface area contributed by atoms with Crippen LogP contribution in [0.25, 0.3) is 0 Å². The molecule has 0 fully saturated rings. The summed E-state index contributed by atoms with van der Waals surface area (Å²) < 4.78 is 16.2. The number of nitrogens with one attached hydrogen (secondary N) is 1. The molecule has 0 radical (unpaired) electrons. The van der Waals surface area contributed by atoms with E-state index in [9.17, 15) is 4.79 Å². The van der Waals surface area contributed by atoms with Crippen LogP contribution in [0.15, 0.2) is 35.1 Å². The van der Waals surface area contributed by atoms with Crippen LogP contribution in [0.3, 0.4) is 0 Å². The van der Waals surface area contributed by atoms with Gasteiger partial charge in [-0.05, 0) is 12.1 Å². The van der Waals surface area contributed by atoms with Gasteiger partial charge in [0, 0.05) is 31.2 Å². The SMILES string of the molecule is CCC1(C)Oc2ccc(NC(=O)Cc3ccon3)cc2O1. The second kappa shape index (κ2) is 5.12. The van der Waals surface area contributed by atoms with Crippen LogP contribution in [-0.4, -0.2) is 16.9 Å². The van der Waals surface area contributed by atoms with Crippen molar-refractivity contribution in [2.45, 2.75) is 32.5 Å². The predicted octanol–water partition coefficient (Wildman–Crippen LogP) is 2.75. The van der Waals surface area contributed by atoms with Crippen LogP contribution >= 0.6 is 0 Å². The van der Waals surface area contributed by atoms with Crippen LogP contribution < -0.4 is 14.8 Å². The van der Waals surface area contributed by atoms with E-state index in [4.69, 9.17) is 14.0 Å². The number of amides is 1. The van der Waals surface area contributed by atoms with Crippen molar-refractivity contribution in [3.8, 4) is 11.5 Å². The lowest BCUT2D eigenvalue weighted by molar-refractivity contribution is -0.115. The summed E-state index contributed by atoms with van der Waals surface area (Å²) in [5.41, 5.74) is 1.25. The molecule has 1 N–H and O–H groups in total. The van der Waals surface area contributed by atoms with Crippen molar-refractivity contribution < 1.29 is 18.8 Å². The number of fused-ring (bicyclic) bond motifs is 1. The second-order valence-corrected chi connectivity index (χ2v) is 5.07. The minimum atomic E-state index is -0.633. The third kappa shape index (κ3) is 2.84. The molecule has 1 aliphatic heterocycles. The Morgan fingerprint density at radius 3 is 2.81 bits per heavy atom. The van der Waals surface area contributed by atoms with Gasteiger partial charge >= 0.3 is 0 Å². The summed E-state index contributed by atoms with van der Waals surface area (Å²) in [6.45, 7) is 3.88. The molecule has 0 saturated heterocycles. The number of benzene rings is 1. The van der Waals surface area contributed by atoms with Gasteiger partial charge in [-0.3, -0.25) is 4.79 Å². The summed E-state index contributed by atoms with van der Waals surface area (Å²) in [4.78, 5) is 11.9. The molecule has 1 aliphatic rings. The maximum absolute atomic E-state index is 11.9. The molecule has 21 heavy (non-hydrogen) atoms. The third-order valence-electron chi connectivity index (χ3n) is 3.35. The van der Waals surface area contributed by atoms with Crippen LogP contribution in [0.4, 0.5) is 5.69 Å². The minimum absolute atomic E-state index is 0.164. The lowest BCUT2D eigenvalue weighted by Gasteiger charge is -2.20. The number of anilines is 1. The molecule has 3 rings (SSSR count). The molecule has 1 atom stereocenters. The molecule has 0 bridgehead atoms. The first-order valence-electron chi connectivity index (χ1n) is 6.79. The van der Waals surface area contributed by atoms with E-state index >= 15 is 0 Å². The molecule has 6 heteroatoms. The zero-order valence-electron chi connectivity index (χ0n) is 11.9. The Morgan fingerprint density at radius 1 is 1.29 bits per heavy atom. The highest BCUT2D eigenvalue weighted by atomic mass is 16.7. The van der Waals surface area contributed by atoms with Crippen molar-refractivity contribution in [3.63, 3.8) is 0 Å². The Balaban J connectivity index is 1.68. The molecule has 110 valence electrons. The fraction of sp³-hybridized carbons (Fsp3) is 0.333. The Kier molecular flexibility index (Phi) is 3.29. The van der Waals surface area contributed by atoms with Gasteiger partial charge in [0.2, 0.25) is 11.7 Å². The smallest absolute Gasteiger partial charge is 0.248 e. The summed E-state index contributed by atoms with van der Waals surface area (Å²) in [5.74, 6) is 0.527. The average molecular weight is 288 g/mol. The molecule has 0 aliphatic carbocycles. The van der Waals surface area contributed by atoms with Gasteiger partial charge in [-0.15, -0.1) is 0 Å². The monoisotopic (exact) mass is 288 g/mol. The third-order valence-corrected chi connectivity index (χ3v) is 3.35. The van der Waals surface area contributed by atoms with Gasteiger partial charge in [0.15, 0.2) is 11.5 Å². The molecule has 2 heterocycles. The number of nitrogens with zero attached hydrogens (tertiary/aromatic N) is 1.